The summed E-state index contributed by atoms with van der Waals surface area (Å²) < 4.78 is 7.60. The van der Waals surface area contributed by atoms with E-state index in [4.69, 9.17) is 4.42 Å². The van der Waals surface area contributed by atoms with Crippen molar-refractivity contribution in [1.29, 1.82) is 0 Å². The van der Waals surface area contributed by atoms with E-state index < -0.39 is 4.92 Å². The number of anilines is 1. The van der Waals surface area contributed by atoms with Gasteiger partial charge in [0.1, 0.15) is 5.58 Å². The summed E-state index contributed by atoms with van der Waals surface area (Å²) >= 11 is 1.24. The number of non-ortho nitro benzene ring substituents is 1. The van der Waals surface area contributed by atoms with Crippen LogP contribution in [-0.4, -0.2) is 31.3 Å². The van der Waals surface area contributed by atoms with E-state index in [1.807, 2.05) is 37.4 Å². The van der Waals surface area contributed by atoms with Gasteiger partial charge in [0.2, 0.25) is 5.91 Å². The zero-order valence-electron chi connectivity index (χ0n) is 16.2. The fourth-order valence-corrected chi connectivity index (χ4v) is 3.68. The molecule has 152 valence electrons. The Bertz CT molecular complexity index is 1230. The maximum atomic E-state index is 12.3. The summed E-state index contributed by atoms with van der Waals surface area (Å²) in [5, 5.41) is 23.5. The Morgan fingerprint density at radius 2 is 2.03 bits per heavy atom. The number of fused-ring (bicyclic) bond motifs is 1. The van der Waals surface area contributed by atoms with Crippen molar-refractivity contribution >= 4 is 40.0 Å². The molecule has 0 bridgehead atoms. The number of para-hydroxylation sites is 1. The number of nitrogens with zero attached hydrogens (tertiary/aromatic N) is 4. The number of carbonyl (C=O) groups is 1. The second kappa shape index (κ2) is 7.99. The normalized spacial score (nSPS) is 11.0. The van der Waals surface area contributed by atoms with Gasteiger partial charge in [0, 0.05) is 30.3 Å². The zero-order valence-corrected chi connectivity index (χ0v) is 17.0. The number of carbonyl (C=O) groups excluding carboxylic acids is 1. The fraction of sp³-hybridized carbons (Fsp3) is 0.150. The maximum Gasteiger partial charge on any atom is 0.269 e. The molecular formula is C20H17N5O4S. The van der Waals surface area contributed by atoms with Crippen molar-refractivity contribution in [2.45, 2.75) is 12.1 Å². The number of hydrogen-bond donors (Lipinski definition) is 1. The van der Waals surface area contributed by atoms with Crippen molar-refractivity contribution in [1.82, 2.24) is 14.8 Å². The van der Waals surface area contributed by atoms with Gasteiger partial charge in [-0.25, -0.2) is 0 Å². The third kappa shape index (κ3) is 3.90. The number of aromatic nitrogens is 3. The van der Waals surface area contributed by atoms with E-state index >= 15 is 0 Å². The molecule has 2 aromatic heterocycles. The van der Waals surface area contributed by atoms with Crippen LogP contribution in [0.5, 0.6) is 0 Å². The molecule has 0 aliphatic heterocycles. The average Bonchev–Trinajstić information content (AvgIpc) is 3.30. The van der Waals surface area contributed by atoms with E-state index in [2.05, 4.69) is 15.5 Å². The minimum Gasteiger partial charge on any atom is -0.453 e. The molecule has 4 rings (SSSR count). The molecule has 10 heteroatoms. The monoisotopic (exact) mass is 423 g/mol. The summed E-state index contributed by atoms with van der Waals surface area (Å²) in [4.78, 5) is 22.7. The standard InChI is InChI=1S/C20H17N5O4S/c1-12-9-14(25(27)28)7-8-15(12)21-18(26)11-30-20-23-22-19(24(20)2)17-10-13-5-3-4-6-16(13)29-17/h3-10H,11H2,1-2H3,(H,21,26). The first-order valence-corrected chi connectivity index (χ1v) is 9.97. The van der Waals surface area contributed by atoms with E-state index in [-0.39, 0.29) is 17.3 Å². The lowest BCUT2D eigenvalue weighted by Crippen LogP contribution is -2.15. The van der Waals surface area contributed by atoms with Crippen molar-refractivity contribution in [3.05, 3.63) is 64.2 Å². The highest BCUT2D eigenvalue weighted by Gasteiger charge is 2.17. The molecule has 4 aromatic rings. The minimum atomic E-state index is -0.470. The van der Waals surface area contributed by atoms with Gasteiger partial charge in [-0.05, 0) is 30.7 Å². The predicted molar refractivity (Wildman–Crippen MR) is 113 cm³/mol. The van der Waals surface area contributed by atoms with Crippen LogP contribution in [-0.2, 0) is 11.8 Å². The summed E-state index contributed by atoms with van der Waals surface area (Å²) in [6.07, 6.45) is 0. The highest BCUT2D eigenvalue weighted by molar-refractivity contribution is 7.99. The number of furan rings is 1. The van der Waals surface area contributed by atoms with Gasteiger partial charge in [0.05, 0.1) is 10.7 Å². The van der Waals surface area contributed by atoms with Gasteiger partial charge in [0.15, 0.2) is 16.7 Å². The number of aryl methyl sites for hydroxylation is 1. The Balaban J connectivity index is 1.43. The van der Waals surface area contributed by atoms with Gasteiger partial charge in [-0.3, -0.25) is 14.9 Å². The third-order valence-electron chi connectivity index (χ3n) is 4.51. The summed E-state index contributed by atoms with van der Waals surface area (Å²) in [6, 6.07) is 13.9. The van der Waals surface area contributed by atoms with Crippen LogP contribution < -0.4 is 5.32 Å². The SMILES string of the molecule is Cc1cc([N+](=O)[O-])ccc1NC(=O)CSc1nnc(-c2cc3ccccc3o2)n1C. The van der Waals surface area contributed by atoms with E-state index in [0.717, 1.165) is 11.0 Å². The van der Waals surface area contributed by atoms with Crippen molar-refractivity contribution in [2.75, 3.05) is 11.1 Å². The largest absolute Gasteiger partial charge is 0.453 e. The van der Waals surface area contributed by atoms with Gasteiger partial charge in [0.25, 0.3) is 5.69 Å². The van der Waals surface area contributed by atoms with Gasteiger partial charge in [-0.15, -0.1) is 10.2 Å². The number of amides is 1. The molecule has 0 unspecified atom stereocenters. The molecule has 0 saturated carbocycles. The Morgan fingerprint density at radius 1 is 1.23 bits per heavy atom. The van der Waals surface area contributed by atoms with Crippen LogP contribution in [0.25, 0.3) is 22.6 Å². The number of nitrogens with one attached hydrogen (secondary N) is 1. The van der Waals surface area contributed by atoms with Crippen LogP contribution in [0.3, 0.4) is 0 Å². The zero-order chi connectivity index (χ0) is 21.3. The summed E-state index contributed by atoms with van der Waals surface area (Å²) in [5.41, 5.74) is 1.90. The van der Waals surface area contributed by atoms with Crippen LogP contribution in [0.1, 0.15) is 5.56 Å². The topological polar surface area (TPSA) is 116 Å². The molecule has 0 spiro atoms. The van der Waals surface area contributed by atoms with Gasteiger partial charge in [-0.2, -0.15) is 0 Å². The van der Waals surface area contributed by atoms with Gasteiger partial charge in [-0.1, -0.05) is 30.0 Å². The number of nitro groups is 1. The predicted octanol–water partition coefficient (Wildman–Crippen LogP) is 4.18. The highest BCUT2D eigenvalue weighted by Crippen LogP contribution is 2.28. The van der Waals surface area contributed by atoms with Crippen LogP contribution in [0.15, 0.2) is 58.1 Å². The highest BCUT2D eigenvalue weighted by atomic mass is 32.2. The molecule has 2 heterocycles. The molecule has 0 radical (unpaired) electrons. The van der Waals surface area contributed by atoms with Crippen molar-refractivity contribution in [2.24, 2.45) is 7.05 Å². The quantitative estimate of drug-likeness (QED) is 0.281. The first kappa shape index (κ1) is 19.6. The maximum absolute atomic E-state index is 12.3. The number of rotatable bonds is 6. The second-order valence-corrected chi connectivity index (χ2v) is 7.55. The fourth-order valence-electron chi connectivity index (χ4n) is 2.97. The average molecular weight is 423 g/mol. The molecule has 1 N–H and O–H groups in total. The van der Waals surface area contributed by atoms with Crippen molar-refractivity contribution < 1.29 is 14.1 Å². The number of hydrogen-bond acceptors (Lipinski definition) is 7. The van der Waals surface area contributed by atoms with Crippen molar-refractivity contribution in [3.8, 4) is 11.6 Å². The first-order valence-electron chi connectivity index (χ1n) is 8.98. The lowest BCUT2D eigenvalue weighted by Gasteiger charge is -2.08. The number of thioether (sulfide) groups is 1. The lowest BCUT2D eigenvalue weighted by molar-refractivity contribution is -0.384. The van der Waals surface area contributed by atoms with Crippen LogP contribution in [0.4, 0.5) is 11.4 Å². The summed E-state index contributed by atoms with van der Waals surface area (Å²) in [6.45, 7) is 1.71. The molecule has 0 aliphatic rings. The van der Waals surface area contributed by atoms with E-state index in [0.29, 0.717) is 28.0 Å². The molecule has 2 aromatic carbocycles. The summed E-state index contributed by atoms with van der Waals surface area (Å²) in [7, 11) is 1.81. The molecule has 0 saturated heterocycles. The van der Waals surface area contributed by atoms with Crippen LogP contribution in [0.2, 0.25) is 0 Å². The van der Waals surface area contributed by atoms with Crippen LogP contribution in [0, 0.1) is 17.0 Å². The van der Waals surface area contributed by atoms with E-state index in [1.165, 1.54) is 30.0 Å². The molecule has 30 heavy (non-hydrogen) atoms. The molecule has 0 atom stereocenters. The molecule has 0 fully saturated rings. The van der Waals surface area contributed by atoms with E-state index in [1.54, 1.807) is 11.5 Å². The lowest BCUT2D eigenvalue weighted by atomic mass is 10.2. The van der Waals surface area contributed by atoms with E-state index in [9.17, 15) is 14.9 Å². The second-order valence-electron chi connectivity index (χ2n) is 6.61. The van der Waals surface area contributed by atoms with Gasteiger partial charge >= 0.3 is 0 Å². The molecular weight excluding hydrogens is 406 g/mol. The Labute approximate surface area is 175 Å². The number of benzene rings is 2. The number of nitro benzene ring substituents is 1. The Morgan fingerprint density at radius 3 is 2.77 bits per heavy atom. The molecule has 0 aliphatic carbocycles. The molecule has 1 amide bonds. The molecule has 9 nitrogen and oxygen atoms in total. The Kier molecular flexibility index (Phi) is 5.23. The smallest absolute Gasteiger partial charge is 0.269 e. The van der Waals surface area contributed by atoms with Crippen LogP contribution >= 0.6 is 11.8 Å². The first-order chi connectivity index (χ1) is 14.4. The Hall–Kier alpha value is -3.66. The van der Waals surface area contributed by atoms with Crippen molar-refractivity contribution in [3.63, 3.8) is 0 Å². The van der Waals surface area contributed by atoms with Gasteiger partial charge < -0.3 is 14.3 Å². The summed E-state index contributed by atoms with van der Waals surface area (Å²) in [5.74, 6) is 1.04. The minimum absolute atomic E-state index is 0.0166. The third-order valence-corrected chi connectivity index (χ3v) is 5.53.